The first-order valence-electron chi connectivity index (χ1n) is 8.55. The maximum Gasteiger partial charge on any atom is 0.193 e. The van der Waals surface area contributed by atoms with E-state index in [1.54, 1.807) is 6.26 Å². The van der Waals surface area contributed by atoms with Gasteiger partial charge < -0.3 is 14.7 Å². The summed E-state index contributed by atoms with van der Waals surface area (Å²) < 4.78 is 4.90. The van der Waals surface area contributed by atoms with Crippen LogP contribution in [0.2, 0.25) is 0 Å². The second-order valence-corrected chi connectivity index (χ2v) is 7.39. The molecule has 1 saturated heterocycles. The third kappa shape index (κ3) is 6.22. The first-order chi connectivity index (χ1) is 11.0. The van der Waals surface area contributed by atoms with Crippen LogP contribution in [0.25, 0.3) is 0 Å². The summed E-state index contributed by atoms with van der Waals surface area (Å²) in [4.78, 5) is 9.18. The first kappa shape index (κ1) is 17.8. The predicted octanol–water partition coefficient (Wildman–Crippen LogP) is 2.19. The van der Waals surface area contributed by atoms with Gasteiger partial charge in [-0.15, -0.1) is 0 Å². The van der Waals surface area contributed by atoms with Crippen LogP contribution in [0.5, 0.6) is 0 Å². The third-order valence-electron chi connectivity index (χ3n) is 4.15. The number of aliphatic imine (C=N–C) groups is 1. The molecule has 2 rings (SSSR count). The molecule has 1 aliphatic rings. The number of hydrogen-bond donors (Lipinski definition) is 1. The molecule has 0 unspecified atom stereocenters. The highest BCUT2D eigenvalue weighted by Crippen LogP contribution is 2.19. The molecule has 0 spiro atoms. The van der Waals surface area contributed by atoms with Crippen molar-refractivity contribution in [3.63, 3.8) is 0 Å². The van der Waals surface area contributed by atoms with Crippen molar-refractivity contribution in [2.75, 3.05) is 39.8 Å². The Balaban J connectivity index is 1.70. The van der Waals surface area contributed by atoms with Gasteiger partial charge in [-0.3, -0.25) is 9.89 Å². The lowest BCUT2D eigenvalue weighted by atomic mass is 9.91. The van der Waals surface area contributed by atoms with E-state index in [-0.39, 0.29) is 0 Å². The largest absolute Gasteiger partial charge is 0.364 e. The van der Waals surface area contributed by atoms with Crippen molar-refractivity contribution in [2.45, 2.75) is 40.2 Å². The lowest BCUT2D eigenvalue weighted by molar-refractivity contribution is 0.169. The SMILES string of the molecule is CN=C(NCCCC(C)(C)C)N1CCN(Cc2ccon2)CC1. The van der Waals surface area contributed by atoms with E-state index in [9.17, 15) is 0 Å². The number of piperazine rings is 1. The van der Waals surface area contributed by atoms with Crippen LogP contribution in [0.4, 0.5) is 0 Å². The Morgan fingerprint density at radius 1 is 1.30 bits per heavy atom. The molecule has 1 N–H and O–H groups in total. The lowest BCUT2D eigenvalue weighted by Gasteiger charge is -2.36. The normalized spacial score (nSPS) is 17.6. The number of aromatic nitrogens is 1. The Bertz CT molecular complexity index is 470. The van der Waals surface area contributed by atoms with E-state index in [0.29, 0.717) is 5.41 Å². The third-order valence-corrected chi connectivity index (χ3v) is 4.15. The molecule has 0 bridgehead atoms. The predicted molar refractivity (Wildman–Crippen MR) is 93.4 cm³/mol. The fourth-order valence-electron chi connectivity index (χ4n) is 2.82. The molecule has 0 amide bonds. The molecule has 23 heavy (non-hydrogen) atoms. The maximum absolute atomic E-state index is 4.90. The summed E-state index contributed by atoms with van der Waals surface area (Å²) in [6.07, 6.45) is 4.03. The van der Waals surface area contributed by atoms with Crippen LogP contribution in [-0.4, -0.2) is 60.7 Å². The van der Waals surface area contributed by atoms with E-state index >= 15 is 0 Å². The summed E-state index contributed by atoms with van der Waals surface area (Å²) in [5, 5.41) is 7.49. The zero-order valence-corrected chi connectivity index (χ0v) is 15.0. The molecular formula is C17H31N5O. The Hall–Kier alpha value is -1.56. The second kappa shape index (κ2) is 8.34. The van der Waals surface area contributed by atoms with E-state index in [4.69, 9.17) is 4.52 Å². The van der Waals surface area contributed by atoms with Crippen LogP contribution < -0.4 is 5.32 Å². The van der Waals surface area contributed by atoms with Crippen molar-refractivity contribution < 1.29 is 4.52 Å². The van der Waals surface area contributed by atoms with Crippen molar-refractivity contribution in [1.82, 2.24) is 20.3 Å². The molecular weight excluding hydrogens is 290 g/mol. The minimum Gasteiger partial charge on any atom is -0.364 e. The van der Waals surface area contributed by atoms with Gasteiger partial charge in [0.2, 0.25) is 0 Å². The van der Waals surface area contributed by atoms with Gasteiger partial charge in [0.15, 0.2) is 5.96 Å². The van der Waals surface area contributed by atoms with Gasteiger partial charge in [0, 0.05) is 52.4 Å². The number of rotatable bonds is 5. The highest BCUT2D eigenvalue weighted by molar-refractivity contribution is 5.79. The van der Waals surface area contributed by atoms with Gasteiger partial charge >= 0.3 is 0 Å². The zero-order chi connectivity index (χ0) is 16.7. The van der Waals surface area contributed by atoms with E-state index in [2.05, 4.69) is 46.0 Å². The van der Waals surface area contributed by atoms with Crippen molar-refractivity contribution in [2.24, 2.45) is 10.4 Å². The maximum atomic E-state index is 4.90. The van der Waals surface area contributed by atoms with Crippen molar-refractivity contribution >= 4 is 5.96 Å². The van der Waals surface area contributed by atoms with Gasteiger partial charge in [0.05, 0.1) is 5.69 Å². The second-order valence-electron chi connectivity index (χ2n) is 7.39. The van der Waals surface area contributed by atoms with Gasteiger partial charge in [0.1, 0.15) is 6.26 Å². The fraction of sp³-hybridized carbons (Fsp3) is 0.765. The fourth-order valence-corrected chi connectivity index (χ4v) is 2.82. The van der Waals surface area contributed by atoms with Crippen molar-refractivity contribution in [3.8, 4) is 0 Å². The van der Waals surface area contributed by atoms with Crippen molar-refractivity contribution in [1.29, 1.82) is 0 Å². The average Bonchev–Trinajstić information content (AvgIpc) is 3.00. The molecule has 0 aromatic carbocycles. The Labute approximate surface area is 139 Å². The lowest BCUT2D eigenvalue weighted by Crippen LogP contribution is -2.52. The zero-order valence-electron chi connectivity index (χ0n) is 15.0. The van der Waals surface area contributed by atoms with Crippen LogP contribution in [0.3, 0.4) is 0 Å². The quantitative estimate of drug-likeness (QED) is 0.512. The molecule has 0 radical (unpaired) electrons. The Morgan fingerprint density at radius 2 is 2.04 bits per heavy atom. The van der Waals surface area contributed by atoms with Crippen LogP contribution in [0.15, 0.2) is 21.8 Å². The number of guanidine groups is 1. The summed E-state index contributed by atoms with van der Waals surface area (Å²) in [7, 11) is 1.87. The Kier molecular flexibility index (Phi) is 6.45. The number of nitrogens with zero attached hydrogens (tertiary/aromatic N) is 4. The standard InChI is InChI=1S/C17H31N5O/c1-17(2,3)7-5-8-19-16(18-4)22-11-9-21(10-12-22)14-15-6-13-23-20-15/h6,13H,5,7-12,14H2,1-4H3,(H,18,19). The van der Waals surface area contributed by atoms with Crippen LogP contribution in [0.1, 0.15) is 39.3 Å². The molecule has 2 heterocycles. The summed E-state index contributed by atoms with van der Waals surface area (Å²) in [5.74, 6) is 1.03. The van der Waals surface area contributed by atoms with Gasteiger partial charge in [-0.1, -0.05) is 25.9 Å². The van der Waals surface area contributed by atoms with Gasteiger partial charge in [-0.25, -0.2) is 0 Å². The minimum atomic E-state index is 0.401. The van der Waals surface area contributed by atoms with E-state index in [0.717, 1.165) is 50.9 Å². The minimum absolute atomic E-state index is 0.401. The molecule has 1 aromatic heterocycles. The van der Waals surface area contributed by atoms with Gasteiger partial charge in [-0.2, -0.15) is 0 Å². The van der Waals surface area contributed by atoms with Gasteiger partial charge in [-0.05, 0) is 18.3 Å². The smallest absolute Gasteiger partial charge is 0.193 e. The highest BCUT2D eigenvalue weighted by Gasteiger charge is 2.20. The molecule has 0 aliphatic carbocycles. The molecule has 0 atom stereocenters. The van der Waals surface area contributed by atoms with Crippen LogP contribution in [0, 0.1) is 5.41 Å². The average molecular weight is 321 g/mol. The molecule has 1 aliphatic heterocycles. The van der Waals surface area contributed by atoms with Gasteiger partial charge in [0.25, 0.3) is 0 Å². The molecule has 6 heteroatoms. The molecule has 1 aromatic rings. The topological polar surface area (TPSA) is 56.9 Å². The summed E-state index contributed by atoms with van der Waals surface area (Å²) >= 11 is 0. The highest BCUT2D eigenvalue weighted by atomic mass is 16.5. The summed E-state index contributed by atoms with van der Waals surface area (Å²) in [6, 6.07) is 1.93. The molecule has 6 nitrogen and oxygen atoms in total. The monoisotopic (exact) mass is 321 g/mol. The van der Waals surface area contributed by atoms with E-state index < -0.39 is 0 Å². The first-order valence-corrected chi connectivity index (χ1v) is 8.55. The Morgan fingerprint density at radius 3 is 2.61 bits per heavy atom. The van der Waals surface area contributed by atoms with E-state index in [1.165, 1.54) is 12.8 Å². The summed E-state index contributed by atoms with van der Waals surface area (Å²) in [6.45, 7) is 12.8. The molecule has 1 fully saturated rings. The summed E-state index contributed by atoms with van der Waals surface area (Å²) in [5.41, 5.74) is 1.40. The molecule has 130 valence electrons. The van der Waals surface area contributed by atoms with Crippen LogP contribution in [-0.2, 0) is 6.54 Å². The number of hydrogen-bond acceptors (Lipinski definition) is 4. The van der Waals surface area contributed by atoms with Crippen molar-refractivity contribution in [3.05, 3.63) is 18.0 Å². The van der Waals surface area contributed by atoms with E-state index in [1.807, 2.05) is 13.1 Å². The molecule has 0 saturated carbocycles. The van der Waals surface area contributed by atoms with Crippen LogP contribution >= 0.6 is 0 Å². The number of nitrogens with one attached hydrogen (secondary N) is 1.